The third-order valence-electron chi connectivity index (χ3n) is 6.48. The number of aromatic nitrogens is 3. The van der Waals surface area contributed by atoms with Gasteiger partial charge < -0.3 is 15.1 Å². The van der Waals surface area contributed by atoms with Crippen molar-refractivity contribution in [3.8, 4) is 5.13 Å². The Morgan fingerprint density at radius 2 is 1.90 bits per heavy atom. The Hall–Kier alpha value is -1.93. The summed E-state index contributed by atoms with van der Waals surface area (Å²) in [6, 6.07) is 4.70. The fourth-order valence-corrected chi connectivity index (χ4v) is 5.50. The van der Waals surface area contributed by atoms with Crippen LogP contribution in [0, 0.1) is 5.92 Å². The van der Waals surface area contributed by atoms with Gasteiger partial charge in [0.1, 0.15) is 0 Å². The average molecular weight is 431 g/mol. The van der Waals surface area contributed by atoms with Crippen LogP contribution >= 0.6 is 11.3 Å². The highest BCUT2D eigenvalue weighted by Gasteiger charge is 2.27. The lowest BCUT2D eigenvalue weighted by molar-refractivity contribution is -0.125. The van der Waals surface area contributed by atoms with E-state index >= 15 is 0 Å². The van der Waals surface area contributed by atoms with E-state index in [-0.39, 0.29) is 11.8 Å². The van der Waals surface area contributed by atoms with Crippen LogP contribution in [0.5, 0.6) is 0 Å². The van der Waals surface area contributed by atoms with Crippen LogP contribution in [0.3, 0.4) is 0 Å². The summed E-state index contributed by atoms with van der Waals surface area (Å²) in [6.07, 6.45) is 13.7. The quantitative estimate of drug-likeness (QED) is 0.651. The van der Waals surface area contributed by atoms with Crippen molar-refractivity contribution in [1.29, 1.82) is 0 Å². The van der Waals surface area contributed by atoms with E-state index in [1.165, 1.54) is 32.1 Å². The molecular weight excluding hydrogens is 396 g/mol. The molecule has 2 fully saturated rings. The van der Waals surface area contributed by atoms with Crippen molar-refractivity contribution in [2.45, 2.75) is 57.4 Å². The molecule has 30 heavy (non-hydrogen) atoms. The average Bonchev–Trinajstić information content (AvgIpc) is 3.49. The number of piperidine rings is 1. The fraction of sp³-hybridized carbons (Fsp3) is 0.682. The Balaban J connectivity index is 1.21. The van der Waals surface area contributed by atoms with Crippen LogP contribution in [-0.2, 0) is 4.79 Å². The number of amides is 1. The molecule has 1 aliphatic carbocycles. The van der Waals surface area contributed by atoms with Crippen LogP contribution in [0.15, 0.2) is 24.5 Å². The number of hydrogen-bond donors (Lipinski definition) is 1. The number of nitrogens with zero attached hydrogens (tertiary/aromatic N) is 5. The largest absolute Gasteiger partial charge is 0.356 e. The number of carbonyl (C=O) groups excluding carboxylic acids is 1. The van der Waals surface area contributed by atoms with Gasteiger partial charge in [-0.05, 0) is 57.8 Å². The molecule has 1 saturated carbocycles. The number of rotatable bonds is 8. The van der Waals surface area contributed by atoms with E-state index in [2.05, 4.69) is 32.4 Å². The number of hydrogen-bond acceptors (Lipinski definition) is 6. The Morgan fingerprint density at radius 3 is 2.70 bits per heavy atom. The highest BCUT2D eigenvalue weighted by atomic mass is 32.1. The Bertz CT molecular complexity index is 785. The van der Waals surface area contributed by atoms with Gasteiger partial charge in [-0.15, -0.1) is 10.2 Å². The maximum absolute atomic E-state index is 12.7. The van der Waals surface area contributed by atoms with Crippen molar-refractivity contribution in [2.75, 3.05) is 38.1 Å². The highest BCUT2D eigenvalue weighted by molar-refractivity contribution is 7.17. The van der Waals surface area contributed by atoms with Crippen molar-refractivity contribution >= 4 is 22.4 Å². The molecule has 1 unspecified atom stereocenters. The lowest BCUT2D eigenvalue weighted by Crippen LogP contribution is -2.43. The summed E-state index contributed by atoms with van der Waals surface area (Å²) in [5, 5.41) is 13.6. The second-order valence-corrected chi connectivity index (χ2v) is 9.59. The lowest BCUT2D eigenvalue weighted by atomic mass is 9.94. The zero-order valence-corrected chi connectivity index (χ0v) is 18.8. The summed E-state index contributed by atoms with van der Waals surface area (Å²) >= 11 is 1.58. The topological polar surface area (TPSA) is 66.3 Å². The van der Waals surface area contributed by atoms with Gasteiger partial charge in [0.05, 0.1) is 5.92 Å². The minimum absolute atomic E-state index is 0.0359. The van der Waals surface area contributed by atoms with Gasteiger partial charge in [0.25, 0.3) is 0 Å². The van der Waals surface area contributed by atoms with Crippen LogP contribution < -0.4 is 10.2 Å². The summed E-state index contributed by atoms with van der Waals surface area (Å²) in [4.78, 5) is 17.4. The molecule has 1 saturated heterocycles. The van der Waals surface area contributed by atoms with Gasteiger partial charge in [-0.3, -0.25) is 9.36 Å². The first-order valence-electron chi connectivity index (χ1n) is 11.4. The van der Waals surface area contributed by atoms with E-state index in [1.807, 2.05) is 29.1 Å². The monoisotopic (exact) mass is 430 g/mol. The molecule has 2 aliphatic rings. The van der Waals surface area contributed by atoms with E-state index in [9.17, 15) is 4.79 Å². The van der Waals surface area contributed by atoms with Gasteiger partial charge in [0.2, 0.25) is 16.2 Å². The predicted octanol–water partition coefficient (Wildman–Crippen LogP) is 3.32. The van der Waals surface area contributed by atoms with Crippen molar-refractivity contribution < 1.29 is 4.79 Å². The van der Waals surface area contributed by atoms with E-state index in [0.717, 1.165) is 61.7 Å². The molecule has 1 N–H and O–H groups in total. The van der Waals surface area contributed by atoms with Crippen molar-refractivity contribution in [2.24, 2.45) is 5.92 Å². The van der Waals surface area contributed by atoms with Crippen LogP contribution in [0.25, 0.3) is 5.13 Å². The van der Waals surface area contributed by atoms with Crippen LogP contribution in [-0.4, -0.2) is 64.8 Å². The first-order chi connectivity index (χ1) is 14.7. The highest BCUT2D eigenvalue weighted by Crippen LogP contribution is 2.28. The smallest absolute Gasteiger partial charge is 0.224 e. The molecule has 1 aliphatic heterocycles. The predicted molar refractivity (Wildman–Crippen MR) is 121 cm³/mol. The van der Waals surface area contributed by atoms with Gasteiger partial charge in [-0.25, -0.2) is 0 Å². The van der Waals surface area contributed by atoms with E-state index in [4.69, 9.17) is 0 Å². The van der Waals surface area contributed by atoms with Crippen LogP contribution in [0.2, 0.25) is 0 Å². The molecule has 0 bridgehead atoms. The molecule has 1 amide bonds. The standard InChI is InChI=1S/C22H34N6OS/c1-26(19-10-3-2-4-11-19)13-8-12-23-20(29)18-9-7-16-28(17-18)22-25-24-21(30-22)27-14-5-6-15-27/h5-6,14-15,18-19H,2-4,7-13,16-17H2,1H3,(H,23,29). The molecule has 8 heteroatoms. The van der Waals surface area contributed by atoms with Crippen molar-refractivity contribution in [3.05, 3.63) is 24.5 Å². The Morgan fingerprint density at radius 1 is 1.13 bits per heavy atom. The van der Waals surface area contributed by atoms with E-state index in [1.54, 1.807) is 11.3 Å². The molecule has 0 radical (unpaired) electrons. The first-order valence-corrected chi connectivity index (χ1v) is 12.2. The molecule has 2 aromatic heterocycles. The first kappa shape index (κ1) is 21.3. The number of anilines is 1. The Labute approximate surface area is 183 Å². The van der Waals surface area contributed by atoms with Crippen molar-refractivity contribution in [1.82, 2.24) is 25.0 Å². The molecule has 2 aromatic rings. The van der Waals surface area contributed by atoms with Crippen LogP contribution in [0.4, 0.5) is 5.13 Å². The summed E-state index contributed by atoms with van der Waals surface area (Å²) in [7, 11) is 2.24. The van der Waals surface area contributed by atoms with Gasteiger partial charge in [-0.2, -0.15) is 0 Å². The number of nitrogens with one attached hydrogen (secondary N) is 1. The maximum Gasteiger partial charge on any atom is 0.224 e. The fourth-order valence-electron chi connectivity index (χ4n) is 4.66. The molecular formula is C22H34N6OS. The molecule has 7 nitrogen and oxygen atoms in total. The molecule has 0 aromatic carbocycles. The maximum atomic E-state index is 12.7. The second-order valence-electron chi connectivity index (χ2n) is 8.66. The zero-order valence-electron chi connectivity index (χ0n) is 18.0. The summed E-state index contributed by atoms with van der Waals surface area (Å²) in [5.41, 5.74) is 0. The van der Waals surface area contributed by atoms with Gasteiger partial charge >= 0.3 is 0 Å². The molecule has 164 valence electrons. The minimum Gasteiger partial charge on any atom is -0.356 e. The van der Waals surface area contributed by atoms with Gasteiger partial charge in [-0.1, -0.05) is 30.6 Å². The van der Waals surface area contributed by atoms with Crippen LogP contribution in [0.1, 0.15) is 51.4 Å². The van der Waals surface area contributed by atoms with E-state index in [0.29, 0.717) is 0 Å². The zero-order chi connectivity index (χ0) is 20.8. The molecule has 0 spiro atoms. The third-order valence-corrected chi connectivity index (χ3v) is 7.47. The van der Waals surface area contributed by atoms with Gasteiger partial charge in [0.15, 0.2) is 0 Å². The van der Waals surface area contributed by atoms with E-state index < -0.39 is 0 Å². The molecule has 1 atom stereocenters. The summed E-state index contributed by atoms with van der Waals surface area (Å²) in [5.74, 6) is 0.226. The van der Waals surface area contributed by atoms with Crippen molar-refractivity contribution in [3.63, 3.8) is 0 Å². The molecule has 4 rings (SSSR count). The number of carbonyl (C=O) groups is 1. The molecule has 3 heterocycles. The normalized spacial score (nSPS) is 20.6. The summed E-state index contributed by atoms with van der Waals surface area (Å²) < 4.78 is 1.97. The third kappa shape index (κ3) is 5.40. The van der Waals surface area contributed by atoms with Gasteiger partial charge in [0, 0.05) is 38.1 Å². The lowest BCUT2D eigenvalue weighted by Gasteiger charge is -2.32. The minimum atomic E-state index is 0.0359. The second kappa shape index (κ2) is 10.4. The SMILES string of the molecule is CN(CCCNC(=O)C1CCCN(c2nnc(-n3cccc3)s2)C1)C1CCCCC1. The summed E-state index contributed by atoms with van der Waals surface area (Å²) in [6.45, 7) is 3.50. The Kier molecular flexibility index (Phi) is 7.38.